The van der Waals surface area contributed by atoms with E-state index in [-0.39, 0.29) is 12.1 Å². The molecule has 0 spiro atoms. The number of esters is 1. The van der Waals surface area contributed by atoms with Crippen molar-refractivity contribution in [3.8, 4) is 0 Å². The Morgan fingerprint density at radius 1 is 1.28 bits per heavy atom. The first kappa shape index (κ1) is 13.5. The summed E-state index contributed by atoms with van der Waals surface area (Å²) in [4.78, 5) is 13.0. The van der Waals surface area contributed by atoms with Crippen LogP contribution in [0.25, 0.3) is 0 Å². The third kappa shape index (κ3) is 3.52. The van der Waals surface area contributed by atoms with E-state index in [4.69, 9.17) is 4.74 Å². The van der Waals surface area contributed by atoms with E-state index >= 15 is 0 Å². The Balaban J connectivity index is 1.90. The van der Waals surface area contributed by atoms with Gasteiger partial charge in [-0.3, -0.25) is 0 Å². The van der Waals surface area contributed by atoms with Gasteiger partial charge in [-0.1, -0.05) is 38.3 Å². The Labute approximate surface area is 113 Å². The van der Waals surface area contributed by atoms with Crippen molar-refractivity contribution in [1.29, 1.82) is 0 Å². The number of rotatable bonds is 5. The Morgan fingerprint density at radius 2 is 2.11 bits per heavy atom. The Kier molecular flexibility index (Phi) is 5.12. The zero-order chi connectivity index (χ0) is 12.8. The van der Waals surface area contributed by atoms with Gasteiger partial charge >= 0.3 is 5.97 Å². The Morgan fingerprint density at radius 3 is 2.94 bits per heavy atom. The van der Waals surface area contributed by atoms with E-state index in [0.29, 0.717) is 0 Å². The lowest BCUT2D eigenvalue weighted by Gasteiger charge is -2.13. The second kappa shape index (κ2) is 6.83. The van der Waals surface area contributed by atoms with E-state index in [1.807, 2.05) is 24.3 Å². The fraction of sp³-hybridized carbons (Fsp3) is 0.533. The molecule has 1 unspecified atom stereocenters. The van der Waals surface area contributed by atoms with Crippen LogP contribution in [0.3, 0.4) is 0 Å². The van der Waals surface area contributed by atoms with E-state index in [0.717, 1.165) is 29.1 Å². The molecule has 0 bridgehead atoms. The fourth-order valence-corrected chi connectivity index (χ4v) is 3.22. The van der Waals surface area contributed by atoms with Gasteiger partial charge in [-0.05, 0) is 25.0 Å². The van der Waals surface area contributed by atoms with Crippen LogP contribution in [0.5, 0.6) is 0 Å². The summed E-state index contributed by atoms with van der Waals surface area (Å²) >= 11 is 1.74. The first-order chi connectivity index (χ1) is 8.81. The quantitative estimate of drug-likeness (QED) is 0.586. The summed E-state index contributed by atoms with van der Waals surface area (Å²) in [6, 6.07) is 7.72. The summed E-state index contributed by atoms with van der Waals surface area (Å²) in [6.45, 7) is 2.21. The topological polar surface area (TPSA) is 26.3 Å². The van der Waals surface area contributed by atoms with Gasteiger partial charge in [0.1, 0.15) is 6.10 Å². The summed E-state index contributed by atoms with van der Waals surface area (Å²) in [5, 5.41) is 0. The second-order valence-corrected chi connectivity index (χ2v) is 5.75. The maximum Gasteiger partial charge on any atom is 0.339 e. The summed E-state index contributed by atoms with van der Waals surface area (Å²) < 4.78 is 5.56. The average molecular weight is 264 g/mol. The molecular weight excluding hydrogens is 244 g/mol. The monoisotopic (exact) mass is 264 g/mol. The molecule has 1 heterocycles. The highest BCUT2D eigenvalue weighted by Gasteiger charge is 2.23. The standard InChI is InChI=1S/C15H20O2S/c1-2-3-4-5-8-12-11-18-14-10-7-6-9-13(14)15(16)17-12/h6-7,9-10,12H,2-5,8,11H2,1H3. The molecule has 0 aliphatic carbocycles. The lowest BCUT2D eigenvalue weighted by Crippen LogP contribution is -2.18. The van der Waals surface area contributed by atoms with Crippen LogP contribution in [0.1, 0.15) is 49.4 Å². The van der Waals surface area contributed by atoms with Crippen molar-refractivity contribution in [2.45, 2.75) is 50.0 Å². The van der Waals surface area contributed by atoms with Gasteiger partial charge in [0.15, 0.2) is 0 Å². The molecule has 0 N–H and O–H groups in total. The van der Waals surface area contributed by atoms with Crippen LogP contribution in [-0.4, -0.2) is 17.8 Å². The van der Waals surface area contributed by atoms with Gasteiger partial charge in [0, 0.05) is 10.6 Å². The third-order valence-electron chi connectivity index (χ3n) is 3.19. The zero-order valence-corrected chi connectivity index (χ0v) is 11.7. The van der Waals surface area contributed by atoms with Crippen molar-refractivity contribution < 1.29 is 9.53 Å². The van der Waals surface area contributed by atoms with Crippen LogP contribution in [0.4, 0.5) is 0 Å². The number of carbonyl (C=O) groups is 1. The molecule has 0 saturated carbocycles. The van der Waals surface area contributed by atoms with Crippen molar-refractivity contribution in [2.24, 2.45) is 0 Å². The molecule has 0 fully saturated rings. The molecule has 1 aliphatic rings. The third-order valence-corrected chi connectivity index (χ3v) is 4.39. The van der Waals surface area contributed by atoms with Crippen molar-refractivity contribution in [2.75, 3.05) is 5.75 Å². The number of unbranched alkanes of at least 4 members (excludes halogenated alkanes) is 3. The molecule has 0 amide bonds. The van der Waals surface area contributed by atoms with Crippen LogP contribution in [0.2, 0.25) is 0 Å². The molecule has 98 valence electrons. The van der Waals surface area contributed by atoms with Crippen molar-refractivity contribution in [1.82, 2.24) is 0 Å². The molecule has 1 aliphatic heterocycles. The predicted molar refractivity (Wildman–Crippen MR) is 75.1 cm³/mol. The first-order valence-electron chi connectivity index (χ1n) is 6.74. The molecule has 0 aromatic heterocycles. The van der Waals surface area contributed by atoms with Crippen molar-refractivity contribution >= 4 is 17.7 Å². The molecular formula is C15H20O2S. The molecule has 18 heavy (non-hydrogen) atoms. The molecule has 1 aromatic carbocycles. The van der Waals surface area contributed by atoms with Crippen molar-refractivity contribution in [3.05, 3.63) is 29.8 Å². The molecule has 0 saturated heterocycles. The van der Waals surface area contributed by atoms with Crippen LogP contribution >= 0.6 is 11.8 Å². The second-order valence-electron chi connectivity index (χ2n) is 4.68. The largest absolute Gasteiger partial charge is 0.458 e. The first-order valence-corrected chi connectivity index (χ1v) is 7.72. The van der Waals surface area contributed by atoms with Gasteiger partial charge in [-0.2, -0.15) is 0 Å². The van der Waals surface area contributed by atoms with E-state index in [2.05, 4.69) is 6.92 Å². The van der Waals surface area contributed by atoms with Gasteiger partial charge < -0.3 is 4.74 Å². The van der Waals surface area contributed by atoms with Gasteiger partial charge in [0.25, 0.3) is 0 Å². The Bertz CT molecular complexity index is 403. The molecule has 3 heteroatoms. The zero-order valence-electron chi connectivity index (χ0n) is 10.9. The number of benzene rings is 1. The number of hydrogen-bond donors (Lipinski definition) is 0. The summed E-state index contributed by atoms with van der Waals surface area (Å²) in [7, 11) is 0. The maximum atomic E-state index is 12.0. The minimum Gasteiger partial charge on any atom is -0.458 e. The van der Waals surface area contributed by atoms with Crippen LogP contribution < -0.4 is 0 Å². The highest BCUT2D eigenvalue weighted by Crippen LogP contribution is 2.29. The predicted octanol–water partition coefficient (Wildman–Crippen LogP) is 4.29. The van der Waals surface area contributed by atoms with Crippen LogP contribution in [0.15, 0.2) is 29.2 Å². The molecule has 0 radical (unpaired) electrons. The van der Waals surface area contributed by atoms with E-state index in [1.54, 1.807) is 11.8 Å². The van der Waals surface area contributed by atoms with Crippen LogP contribution in [0, 0.1) is 0 Å². The number of cyclic esters (lactones) is 1. The normalized spacial score (nSPS) is 18.9. The maximum absolute atomic E-state index is 12.0. The lowest BCUT2D eigenvalue weighted by molar-refractivity contribution is 0.0332. The number of carbonyl (C=O) groups excluding carboxylic acids is 1. The number of hydrogen-bond acceptors (Lipinski definition) is 3. The molecule has 2 nitrogen and oxygen atoms in total. The van der Waals surface area contributed by atoms with Crippen molar-refractivity contribution in [3.63, 3.8) is 0 Å². The number of fused-ring (bicyclic) bond motifs is 1. The average Bonchev–Trinajstić information content (AvgIpc) is 2.55. The summed E-state index contributed by atoms with van der Waals surface area (Å²) in [5.41, 5.74) is 0.721. The van der Waals surface area contributed by atoms with Gasteiger partial charge in [0.05, 0.1) is 5.56 Å². The van der Waals surface area contributed by atoms with Crippen LogP contribution in [-0.2, 0) is 4.74 Å². The fourth-order valence-electron chi connectivity index (χ4n) is 2.13. The number of ether oxygens (including phenoxy) is 1. The minimum absolute atomic E-state index is 0.0757. The van der Waals surface area contributed by atoms with Gasteiger partial charge in [-0.15, -0.1) is 11.8 Å². The van der Waals surface area contributed by atoms with E-state index in [9.17, 15) is 4.79 Å². The van der Waals surface area contributed by atoms with Gasteiger partial charge in [-0.25, -0.2) is 4.79 Å². The SMILES string of the molecule is CCCCCCC1CSc2ccccc2C(=O)O1. The highest BCUT2D eigenvalue weighted by atomic mass is 32.2. The number of thioether (sulfide) groups is 1. The van der Waals surface area contributed by atoms with Gasteiger partial charge in [0.2, 0.25) is 0 Å². The molecule has 1 aromatic rings. The Hall–Kier alpha value is -0.960. The molecule has 2 rings (SSSR count). The van der Waals surface area contributed by atoms with E-state index in [1.165, 1.54) is 19.3 Å². The summed E-state index contributed by atoms with van der Waals surface area (Å²) in [6.07, 6.45) is 5.97. The molecule has 1 atom stereocenters. The summed E-state index contributed by atoms with van der Waals surface area (Å²) in [5.74, 6) is 0.727. The van der Waals surface area contributed by atoms with E-state index < -0.39 is 0 Å². The lowest BCUT2D eigenvalue weighted by atomic mass is 10.1. The minimum atomic E-state index is -0.156. The highest BCUT2D eigenvalue weighted by molar-refractivity contribution is 7.99. The smallest absolute Gasteiger partial charge is 0.339 e.